The Bertz CT molecular complexity index is 336. The zero-order valence-corrected chi connectivity index (χ0v) is 15.7. The van der Waals surface area contributed by atoms with Gasteiger partial charge < -0.3 is 4.74 Å². The predicted octanol–water partition coefficient (Wildman–Crippen LogP) is 4.24. The summed E-state index contributed by atoms with van der Waals surface area (Å²) in [5.41, 5.74) is 0.866. The van der Waals surface area contributed by atoms with Crippen molar-refractivity contribution in [3.8, 4) is 0 Å². The van der Waals surface area contributed by atoms with Crippen LogP contribution in [0.3, 0.4) is 0 Å². The van der Waals surface area contributed by atoms with Gasteiger partial charge >= 0.3 is 5.97 Å². The molecule has 0 aliphatic heterocycles. The lowest BCUT2D eigenvalue weighted by Crippen LogP contribution is -2.06. The zero-order valence-electron chi connectivity index (χ0n) is 13.0. The minimum atomic E-state index is -0.310. The van der Waals surface area contributed by atoms with Gasteiger partial charge in [0.2, 0.25) is 0 Å². The van der Waals surface area contributed by atoms with Crippen LogP contribution in [0.1, 0.15) is 33.1 Å². The van der Waals surface area contributed by atoms with Crippen molar-refractivity contribution >= 4 is 43.9 Å². The molecule has 2 nitrogen and oxygen atoms in total. The number of thiol groups is 3. The number of ether oxygens (including phenoxy) is 1. The van der Waals surface area contributed by atoms with E-state index < -0.39 is 0 Å². The van der Waals surface area contributed by atoms with Gasteiger partial charge in [0.1, 0.15) is 0 Å². The third kappa shape index (κ3) is 10.4. The third-order valence-corrected chi connectivity index (χ3v) is 4.72. The van der Waals surface area contributed by atoms with E-state index in [1.807, 2.05) is 6.08 Å². The van der Waals surface area contributed by atoms with E-state index in [0.717, 1.165) is 36.3 Å². The summed E-state index contributed by atoms with van der Waals surface area (Å²) in [6, 6.07) is 0. The first-order valence-electron chi connectivity index (χ1n) is 7.49. The van der Waals surface area contributed by atoms with Gasteiger partial charge in [-0.2, -0.15) is 37.9 Å². The second-order valence-corrected chi connectivity index (χ2v) is 6.01. The van der Waals surface area contributed by atoms with Crippen LogP contribution in [0.25, 0.3) is 0 Å². The number of carbonyl (C=O) groups excluding carboxylic acids is 1. The van der Waals surface area contributed by atoms with Gasteiger partial charge in [-0.3, -0.25) is 0 Å². The van der Waals surface area contributed by atoms with Crippen molar-refractivity contribution in [2.75, 3.05) is 23.9 Å². The molecular formula is C16H28O2S3. The lowest BCUT2D eigenvalue weighted by molar-refractivity contribution is -0.137. The second kappa shape index (κ2) is 13.6. The smallest absolute Gasteiger partial charge is 0.331 e. The highest BCUT2D eigenvalue weighted by Crippen LogP contribution is 2.19. The molecule has 2 atom stereocenters. The molecular weight excluding hydrogens is 320 g/mol. The third-order valence-electron chi connectivity index (χ3n) is 3.37. The Labute approximate surface area is 146 Å². The van der Waals surface area contributed by atoms with Crippen LogP contribution in [-0.4, -0.2) is 29.8 Å². The molecule has 0 spiro atoms. The van der Waals surface area contributed by atoms with E-state index >= 15 is 0 Å². The molecule has 0 radical (unpaired) electrons. The molecule has 0 amide bonds. The van der Waals surface area contributed by atoms with Crippen molar-refractivity contribution in [2.24, 2.45) is 11.8 Å². The number of hydrogen-bond donors (Lipinski definition) is 3. The van der Waals surface area contributed by atoms with Crippen LogP contribution in [0.5, 0.6) is 0 Å². The molecule has 0 bridgehead atoms. The summed E-state index contributed by atoms with van der Waals surface area (Å²) in [5, 5.41) is 0. The van der Waals surface area contributed by atoms with Crippen molar-refractivity contribution in [3.05, 3.63) is 23.8 Å². The van der Waals surface area contributed by atoms with Crippen molar-refractivity contribution < 1.29 is 9.53 Å². The summed E-state index contributed by atoms with van der Waals surface area (Å²) < 4.78 is 4.91. The minimum Gasteiger partial charge on any atom is -0.463 e. The van der Waals surface area contributed by atoms with Crippen LogP contribution in [-0.2, 0) is 9.53 Å². The summed E-state index contributed by atoms with van der Waals surface area (Å²) in [5.74, 6) is 3.03. The molecule has 0 saturated carbocycles. The van der Waals surface area contributed by atoms with Crippen molar-refractivity contribution in [1.29, 1.82) is 0 Å². The SMILES string of the molecule is CCOC(=O)C=C(C=CC(CS)CCC(CC)CS)CS. The van der Waals surface area contributed by atoms with Gasteiger partial charge in [0.05, 0.1) is 6.61 Å². The molecule has 5 heteroatoms. The number of carbonyl (C=O) groups is 1. The molecule has 0 aliphatic carbocycles. The van der Waals surface area contributed by atoms with E-state index in [2.05, 4.69) is 50.9 Å². The molecule has 21 heavy (non-hydrogen) atoms. The van der Waals surface area contributed by atoms with Crippen LogP contribution in [0.2, 0.25) is 0 Å². The van der Waals surface area contributed by atoms with Crippen molar-refractivity contribution in [3.63, 3.8) is 0 Å². The van der Waals surface area contributed by atoms with Crippen LogP contribution in [0.15, 0.2) is 23.8 Å². The average molecular weight is 349 g/mol. The first-order valence-corrected chi connectivity index (χ1v) is 9.38. The molecule has 0 aromatic rings. The predicted molar refractivity (Wildman–Crippen MR) is 102 cm³/mol. The zero-order chi connectivity index (χ0) is 16.1. The van der Waals surface area contributed by atoms with E-state index in [-0.39, 0.29) is 5.97 Å². The minimum absolute atomic E-state index is 0.310. The molecule has 2 unspecified atom stereocenters. The van der Waals surface area contributed by atoms with Gasteiger partial charge in [-0.05, 0) is 48.7 Å². The van der Waals surface area contributed by atoms with Gasteiger partial charge in [-0.1, -0.05) is 25.5 Å². The lowest BCUT2D eigenvalue weighted by atomic mass is 9.95. The quantitative estimate of drug-likeness (QED) is 0.225. The number of hydrogen-bond acceptors (Lipinski definition) is 5. The molecule has 0 rings (SSSR count). The molecule has 0 N–H and O–H groups in total. The Morgan fingerprint density at radius 1 is 1.14 bits per heavy atom. The standard InChI is InChI=1S/C16H28O2S3/c1-3-13(10-19)5-6-14(11-20)7-8-15(12-21)9-16(17)18-4-2/h7-9,13-14,19-21H,3-6,10-12H2,1-2H3. The summed E-state index contributed by atoms with van der Waals surface area (Å²) in [4.78, 5) is 11.4. The molecule has 0 saturated heterocycles. The topological polar surface area (TPSA) is 26.3 Å². The highest BCUT2D eigenvalue weighted by molar-refractivity contribution is 7.80. The fourth-order valence-electron chi connectivity index (χ4n) is 1.86. The van der Waals surface area contributed by atoms with Gasteiger partial charge in [0.25, 0.3) is 0 Å². The van der Waals surface area contributed by atoms with Crippen LogP contribution in [0.4, 0.5) is 0 Å². The average Bonchev–Trinajstić information content (AvgIpc) is 2.49. The molecule has 0 aromatic carbocycles. The summed E-state index contributed by atoms with van der Waals surface area (Å²) in [7, 11) is 0. The first kappa shape index (κ1) is 21.0. The highest BCUT2D eigenvalue weighted by Gasteiger charge is 2.08. The number of allylic oxidation sites excluding steroid dienone is 2. The van der Waals surface area contributed by atoms with E-state index in [4.69, 9.17) is 4.74 Å². The maximum Gasteiger partial charge on any atom is 0.331 e. The van der Waals surface area contributed by atoms with Gasteiger partial charge in [-0.25, -0.2) is 4.79 Å². The Kier molecular flexibility index (Phi) is 13.6. The van der Waals surface area contributed by atoms with Gasteiger partial charge in [-0.15, -0.1) is 0 Å². The van der Waals surface area contributed by atoms with Crippen molar-refractivity contribution in [1.82, 2.24) is 0 Å². The Hall–Kier alpha value is -0.000000000000000111. The highest BCUT2D eigenvalue weighted by atomic mass is 32.1. The maximum absolute atomic E-state index is 11.4. The van der Waals surface area contributed by atoms with E-state index in [1.165, 1.54) is 6.08 Å². The van der Waals surface area contributed by atoms with Crippen LogP contribution in [0, 0.1) is 11.8 Å². The Balaban J connectivity index is 4.51. The van der Waals surface area contributed by atoms with E-state index in [9.17, 15) is 4.79 Å². The Morgan fingerprint density at radius 2 is 1.86 bits per heavy atom. The maximum atomic E-state index is 11.4. The first-order chi connectivity index (χ1) is 10.1. The van der Waals surface area contributed by atoms with Crippen LogP contribution >= 0.6 is 37.9 Å². The molecule has 0 aliphatic rings. The molecule has 0 fully saturated rings. The van der Waals surface area contributed by atoms with Gasteiger partial charge in [0.15, 0.2) is 0 Å². The van der Waals surface area contributed by atoms with E-state index in [0.29, 0.717) is 24.2 Å². The van der Waals surface area contributed by atoms with Crippen LogP contribution < -0.4 is 0 Å². The summed E-state index contributed by atoms with van der Waals surface area (Å²) >= 11 is 13.0. The normalized spacial score (nSPS) is 15.2. The second-order valence-electron chi connectivity index (χ2n) is 4.97. The Morgan fingerprint density at radius 3 is 2.33 bits per heavy atom. The van der Waals surface area contributed by atoms with Gasteiger partial charge in [0, 0.05) is 11.8 Å². The molecule has 0 aromatic heterocycles. The largest absolute Gasteiger partial charge is 0.463 e. The fourth-order valence-corrected chi connectivity index (χ4v) is 2.81. The monoisotopic (exact) mass is 348 g/mol. The fraction of sp³-hybridized carbons (Fsp3) is 0.688. The molecule has 122 valence electrons. The van der Waals surface area contributed by atoms with E-state index in [1.54, 1.807) is 6.92 Å². The summed E-state index contributed by atoms with van der Waals surface area (Å²) in [6.07, 6.45) is 9.01. The number of esters is 1. The number of rotatable bonds is 11. The summed E-state index contributed by atoms with van der Waals surface area (Å²) in [6.45, 7) is 4.39. The molecule has 0 heterocycles. The lowest BCUT2D eigenvalue weighted by Gasteiger charge is -2.15. The van der Waals surface area contributed by atoms with Crippen molar-refractivity contribution in [2.45, 2.75) is 33.1 Å².